The highest BCUT2D eigenvalue weighted by Gasteiger charge is 2.31. The lowest BCUT2D eigenvalue weighted by molar-refractivity contribution is -0.150. The Hall–Kier alpha value is -3.32. The number of carbonyl (C=O) groups is 1. The molecule has 0 saturated carbocycles. The third-order valence-electron chi connectivity index (χ3n) is 6.49. The van der Waals surface area contributed by atoms with Gasteiger partial charge in [-0.15, -0.1) is 0 Å². The van der Waals surface area contributed by atoms with Crippen LogP contribution in [0.5, 0.6) is 0 Å². The predicted octanol–water partition coefficient (Wildman–Crippen LogP) is 4.83. The molecule has 0 spiro atoms. The fraction of sp³-hybridized carbons (Fsp3) is 0.462. The van der Waals surface area contributed by atoms with E-state index >= 15 is 0 Å². The minimum absolute atomic E-state index is 0.270. The van der Waals surface area contributed by atoms with Crippen LogP contribution in [0.4, 0.5) is 30.5 Å². The highest BCUT2D eigenvalue weighted by Crippen LogP contribution is 2.31. The summed E-state index contributed by atoms with van der Waals surface area (Å²) in [6, 6.07) is 8.89. The minimum atomic E-state index is -4.56. The topological polar surface area (TPSA) is 123 Å². The number of benzene rings is 1. The van der Waals surface area contributed by atoms with E-state index in [4.69, 9.17) is 16.1 Å². The van der Waals surface area contributed by atoms with Gasteiger partial charge in [-0.3, -0.25) is 4.79 Å². The van der Waals surface area contributed by atoms with Gasteiger partial charge in [-0.2, -0.15) is 13.2 Å². The quantitative estimate of drug-likeness (QED) is 0.253. The number of nitrogens with one attached hydrogen (secondary N) is 3. The van der Waals surface area contributed by atoms with Gasteiger partial charge in [-0.25, -0.2) is 9.97 Å². The Morgan fingerprint density at radius 3 is 2.41 bits per heavy atom. The Bertz CT molecular complexity index is 1190. The van der Waals surface area contributed by atoms with Crippen LogP contribution in [0.1, 0.15) is 39.0 Å². The number of piperidine rings is 1. The number of rotatable bonds is 9. The molecule has 39 heavy (non-hydrogen) atoms. The van der Waals surface area contributed by atoms with E-state index in [9.17, 15) is 18.0 Å². The molecule has 2 aliphatic rings. The molecule has 210 valence electrons. The van der Waals surface area contributed by atoms with Gasteiger partial charge in [0.15, 0.2) is 5.16 Å². The normalized spacial score (nSPS) is 17.3. The van der Waals surface area contributed by atoms with Crippen molar-refractivity contribution in [2.45, 2.75) is 61.3 Å². The summed E-state index contributed by atoms with van der Waals surface area (Å²) in [5.74, 6) is 0.434. The van der Waals surface area contributed by atoms with Gasteiger partial charge < -0.3 is 31.6 Å². The Labute approximate surface area is 229 Å². The Balaban J connectivity index is 1.48. The van der Waals surface area contributed by atoms with Gasteiger partial charge in [0.2, 0.25) is 5.91 Å². The molecule has 5 N–H and O–H groups in total. The average molecular weight is 563 g/mol. The number of allylic oxidation sites excluding steroid dienone is 1. The van der Waals surface area contributed by atoms with E-state index in [1.54, 1.807) is 19.1 Å². The van der Waals surface area contributed by atoms with Crippen molar-refractivity contribution >= 4 is 40.7 Å². The number of halogens is 3. The third kappa shape index (κ3) is 8.85. The number of hydrogen-bond acceptors (Lipinski definition) is 9. The summed E-state index contributed by atoms with van der Waals surface area (Å²) >= 11 is 1.29. The molecular weight excluding hydrogens is 529 g/mol. The number of likely N-dealkylation sites (tertiary alicyclic amines) is 1. The predicted molar refractivity (Wildman–Crippen MR) is 147 cm³/mol. The summed E-state index contributed by atoms with van der Waals surface area (Å²) in [4.78, 5) is 26.5. The van der Waals surface area contributed by atoms with Crippen molar-refractivity contribution < 1.29 is 18.0 Å². The summed E-state index contributed by atoms with van der Waals surface area (Å²) in [5, 5.41) is 13.4. The average Bonchev–Trinajstić information content (AvgIpc) is 3.39. The lowest BCUT2D eigenvalue weighted by Gasteiger charge is -2.37. The smallest absolute Gasteiger partial charge is 0.385 e. The van der Waals surface area contributed by atoms with Gasteiger partial charge in [-0.1, -0.05) is 0 Å². The van der Waals surface area contributed by atoms with E-state index in [-0.39, 0.29) is 11.5 Å². The molecule has 0 atom stereocenters. The van der Waals surface area contributed by atoms with E-state index < -0.39 is 18.5 Å². The molecule has 0 unspecified atom stereocenters. The van der Waals surface area contributed by atoms with Gasteiger partial charge in [0.25, 0.3) is 0 Å². The molecule has 0 radical (unpaired) electrons. The SMILES string of the molecule is CC(=N)/C=C(\N)Nc1cc(N2CCC(N3CCCC3)CC2)nc(Sc2ccc(NC(=O)CC(F)(F)F)cc2)n1. The maximum atomic E-state index is 12.4. The van der Waals surface area contributed by atoms with E-state index in [0.29, 0.717) is 22.7 Å². The van der Waals surface area contributed by atoms with Crippen molar-refractivity contribution in [1.29, 1.82) is 5.41 Å². The maximum absolute atomic E-state index is 12.4. The van der Waals surface area contributed by atoms with Gasteiger partial charge >= 0.3 is 6.18 Å². The number of nitrogens with two attached hydrogens (primary N) is 1. The lowest BCUT2D eigenvalue weighted by atomic mass is 10.0. The molecular formula is C26H33F3N8OS. The van der Waals surface area contributed by atoms with Crippen molar-refractivity contribution in [3.63, 3.8) is 0 Å². The van der Waals surface area contributed by atoms with Crippen LogP contribution in [-0.2, 0) is 4.79 Å². The first-order valence-corrected chi connectivity index (χ1v) is 13.7. The summed E-state index contributed by atoms with van der Waals surface area (Å²) in [6.07, 6.45) is 0.0663. The van der Waals surface area contributed by atoms with Gasteiger partial charge in [0.05, 0.1) is 0 Å². The lowest BCUT2D eigenvalue weighted by Crippen LogP contribution is -2.44. The molecule has 13 heteroatoms. The first-order valence-electron chi connectivity index (χ1n) is 12.9. The number of nitrogens with zero attached hydrogens (tertiary/aromatic N) is 4. The van der Waals surface area contributed by atoms with E-state index in [2.05, 4.69) is 25.4 Å². The number of alkyl halides is 3. The summed E-state index contributed by atoms with van der Waals surface area (Å²) in [5.41, 5.74) is 6.61. The zero-order chi connectivity index (χ0) is 28.0. The van der Waals surface area contributed by atoms with Crippen LogP contribution in [0.25, 0.3) is 0 Å². The molecule has 1 aromatic carbocycles. The van der Waals surface area contributed by atoms with Crippen molar-refractivity contribution in [1.82, 2.24) is 14.9 Å². The molecule has 0 bridgehead atoms. The molecule has 9 nitrogen and oxygen atoms in total. The minimum Gasteiger partial charge on any atom is -0.385 e. The highest BCUT2D eigenvalue weighted by atomic mass is 32.2. The maximum Gasteiger partial charge on any atom is 0.397 e. The molecule has 2 fully saturated rings. The molecule has 4 rings (SSSR count). The van der Waals surface area contributed by atoms with Crippen molar-refractivity contribution in [3.8, 4) is 0 Å². The molecule has 3 heterocycles. The van der Waals surface area contributed by atoms with Crippen molar-refractivity contribution in [2.75, 3.05) is 41.7 Å². The fourth-order valence-corrected chi connectivity index (χ4v) is 5.53. The van der Waals surface area contributed by atoms with E-state index in [0.717, 1.165) is 36.6 Å². The molecule has 2 saturated heterocycles. The number of carbonyl (C=O) groups excluding carboxylic acids is 1. The summed E-state index contributed by atoms with van der Waals surface area (Å²) in [6.45, 7) is 5.73. The molecule has 1 amide bonds. The second kappa shape index (κ2) is 12.7. The fourth-order valence-electron chi connectivity index (χ4n) is 4.77. The standard InChI is InChI=1S/C26H33F3N8OS/c1-17(30)14-21(31)33-22-15-23(37-12-8-19(9-13-37)36-10-2-3-11-36)35-25(34-22)39-20-6-4-18(5-7-20)32-24(38)16-26(27,28)29/h4-7,14-15,19,30H,2-3,8-13,16,31H2,1H3,(H,32,38)(H,33,34,35)/b21-14+,30-17?. The second-order valence-corrected chi connectivity index (χ2v) is 10.8. The van der Waals surface area contributed by atoms with Crippen LogP contribution in [-0.4, -0.2) is 64.9 Å². The second-order valence-electron chi connectivity index (χ2n) is 9.73. The summed E-state index contributed by atoms with van der Waals surface area (Å²) < 4.78 is 37.3. The van der Waals surface area contributed by atoms with Crippen molar-refractivity contribution in [2.24, 2.45) is 5.73 Å². The Morgan fingerprint density at radius 2 is 1.79 bits per heavy atom. The summed E-state index contributed by atoms with van der Waals surface area (Å²) in [7, 11) is 0. The number of aromatic nitrogens is 2. The van der Waals surface area contributed by atoms with Crippen molar-refractivity contribution in [3.05, 3.63) is 42.2 Å². The van der Waals surface area contributed by atoms with Crippen LogP contribution in [0.2, 0.25) is 0 Å². The van der Waals surface area contributed by atoms with E-state index in [1.807, 2.05) is 6.07 Å². The molecule has 2 aromatic rings. The highest BCUT2D eigenvalue weighted by molar-refractivity contribution is 7.99. The Morgan fingerprint density at radius 1 is 1.13 bits per heavy atom. The number of anilines is 3. The third-order valence-corrected chi connectivity index (χ3v) is 7.36. The molecule has 1 aromatic heterocycles. The van der Waals surface area contributed by atoms with Crippen LogP contribution >= 0.6 is 11.8 Å². The van der Waals surface area contributed by atoms with Crippen LogP contribution in [0.15, 0.2) is 52.3 Å². The van der Waals surface area contributed by atoms with Crippen LogP contribution in [0, 0.1) is 5.41 Å². The van der Waals surface area contributed by atoms with Crippen LogP contribution in [0.3, 0.4) is 0 Å². The zero-order valence-corrected chi connectivity index (χ0v) is 22.5. The first kappa shape index (κ1) is 28.7. The number of amides is 1. The molecule has 2 aliphatic heterocycles. The zero-order valence-electron chi connectivity index (χ0n) is 21.7. The first-order chi connectivity index (χ1) is 18.5. The van der Waals surface area contributed by atoms with Crippen LogP contribution < -0.4 is 21.3 Å². The molecule has 0 aliphatic carbocycles. The van der Waals surface area contributed by atoms with Gasteiger partial charge in [0, 0.05) is 41.5 Å². The van der Waals surface area contributed by atoms with Gasteiger partial charge in [-0.05, 0) is 87.8 Å². The van der Waals surface area contributed by atoms with Gasteiger partial charge in [0.1, 0.15) is 23.9 Å². The largest absolute Gasteiger partial charge is 0.397 e. The Kier molecular flexibility index (Phi) is 9.33. The van der Waals surface area contributed by atoms with E-state index in [1.165, 1.54) is 55.9 Å². The number of hydrogen-bond donors (Lipinski definition) is 4. The monoisotopic (exact) mass is 562 g/mol.